The van der Waals surface area contributed by atoms with Gasteiger partial charge in [0.1, 0.15) is 0 Å². The predicted octanol–water partition coefficient (Wildman–Crippen LogP) is -7.84. The number of carbonyl (C=O) groups excluding carboxylic acids is 2. The van der Waals surface area contributed by atoms with Gasteiger partial charge in [0.2, 0.25) is 0 Å². The molecule has 5 nitrogen and oxygen atoms in total. The van der Waals surface area contributed by atoms with Crippen LogP contribution in [0, 0.1) is 0 Å². The Hall–Kier alpha value is -0.300. The molecule has 0 aliphatic carbocycles. The Morgan fingerprint density at radius 2 is 1.41 bits per heavy atom. The van der Waals surface area contributed by atoms with Crippen molar-refractivity contribution in [2.45, 2.75) is 0 Å². The third-order valence-corrected chi connectivity index (χ3v) is 1.69. The molecule has 0 radical (unpaired) electrons. The Kier molecular flexibility index (Phi) is 9.80. The SMILES string of the molecule is Nc1ccc(C=C(C(=O)[O-])C(=O)[O-])cc1.[Na+].[Na+]. The number of hydrogen-bond donors (Lipinski definition) is 1. The van der Waals surface area contributed by atoms with Gasteiger partial charge in [0.15, 0.2) is 0 Å². The maximum Gasteiger partial charge on any atom is 1.00 e. The second-order valence-electron chi connectivity index (χ2n) is 2.80. The summed E-state index contributed by atoms with van der Waals surface area (Å²) in [6.07, 6.45) is 0.949. The minimum atomic E-state index is -1.79. The van der Waals surface area contributed by atoms with Crippen LogP contribution in [0.15, 0.2) is 29.8 Å². The van der Waals surface area contributed by atoms with Crippen LogP contribution in [-0.4, -0.2) is 11.9 Å². The number of rotatable bonds is 3. The van der Waals surface area contributed by atoms with Gasteiger partial charge in [-0.1, -0.05) is 12.1 Å². The molecule has 0 heterocycles. The molecule has 0 aliphatic rings. The zero-order chi connectivity index (χ0) is 11.4. The molecule has 0 spiro atoms. The molecule has 0 amide bonds. The van der Waals surface area contributed by atoms with Gasteiger partial charge in [-0.05, 0) is 23.8 Å². The van der Waals surface area contributed by atoms with Gasteiger partial charge >= 0.3 is 59.1 Å². The molecule has 17 heavy (non-hydrogen) atoms. The molecular weight excluding hydrogens is 244 g/mol. The summed E-state index contributed by atoms with van der Waals surface area (Å²) in [5.74, 6) is -3.57. The topological polar surface area (TPSA) is 106 Å². The third kappa shape index (κ3) is 6.26. The summed E-state index contributed by atoms with van der Waals surface area (Å²) < 4.78 is 0. The molecule has 78 valence electrons. The number of nitrogen functional groups attached to an aromatic ring is 1. The predicted molar refractivity (Wildman–Crippen MR) is 48.8 cm³/mol. The fraction of sp³-hybridized carbons (Fsp3) is 0. The van der Waals surface area contributed by atoms with Crippen LogP contribution < -0.4 is 75.1 Å². The summed E-state index contributed by atoms with van der Waals surface area (Å²) in [6, 6.07) is 6.02. The van der Waals surface area contributed by atoms with Crippen molar-refractivity contribution < 1.29 is 78.9 Å². The molecule has 7 heteroatoms. The summed E-state index contributed by atoms with van der Waals surface area (Å²) in [6.45, 7) is 0. The first-order chi connectivity index (χ1) is 7.00. The first-order valence-electron chi connectivity index (χ1n) is 4.00. The van der Waals surface area contributed by atoms with Gasteiger partial charge in [0.05, 0.1) is 11.9 Å². The van der Waals surface area contributed by atoms with Crippen LogP contribution >= 0.6 is 0 Å². The van der Waals surface area contributed by atoms with E-state index >= 15 is 0 Å². The fourth-order valence-corrected chi connectivity index (χ4v) is 0.960. The van der Waals surface area contributed by atoms with Crippen LogP contribution in [0.4, 0.5) is 5.69 Å². The molecule has 0 atom stereocenters. The maximum atomic E-state index is 10.4. The second kappa shape index (κ2) is 8.74. The number of benzene rings is 1. The van der Waals surface area contributed by atoms with Gasteiger partial charge in [-0.25, -0.2) is 0 Å². The van der Waals surface area contributed by atoms with Crippen LogP contribution in [0.25, 0.3) is 6.08 Å². The minimum absolute atomic E-state index is 0. The van der Waals surface area contributed by atoms with E-state index in [0.717, 1.165) is 6.08 Å². The van der Waals surface area contributed by atoms with Gasteiger partial charge in [-0.3, -0.25) is 0 Å². The van der Waals surface area contributed by atoms with E-state index in [4.69, 9.17) is 5.73 Å². The monoisotopic (exact) mass is 251 g/mol. The van der Waals surface area contributed by atoms with Crippen LogP contribution in [0.5, 0.6) is 0 Å². The number of carboxylic acids is 2. The molecule has 2 N–H and O–H groups in total. The maximum absolute atomic E-state index is 10.4. The fourth-order valence-electron chi connectivity index (χ4n) is 0.960. The smallest absolute Gasteiger partial charge is 0.545 e. The number of aliphatic carboxylic acids is 2. The molecule has 0 aliphatic heterocycles. The Labute approximate surface area is 142 Å². The van der Waals surface area contributed by atoms with Crippen molar-refractivity contribution in [2.24, 2.45) is 0 Å². The number of nitrogens with two attached hydrogens (primary N) is 1. The van der Waals surface area contributed by atoms with Crippen LogP contribution in [0.2, 0.25) is 0 Å². The van der Waals surface area contributed by atoms with E-state index in [1.165, 1.54) is 24.3 Å². The van der Waals surface area contributed by atoms with E-state index in [0.29, 0.717) is 11.3 Å². The van der Waals surface area contributed by atoms with Gasteiger partial charge < -0.3 is 25.5 Å². The summed E-state index contributed by atoms with van der Waals surface area (Å²) in [5, 5.41) is 20.8. The Morgan fingerprint density at radius 1 is 1.00 bits per heavy atom. The quantitative estimate of drug-likeness (QED) is 0.189. The summed E-state index contributed by atoms with van der Waals surface area (Å²) >= 11 is 0. The Bertz CT molecular complexity index is 412. The Morgan fingerprint density at radius 3 is 1.76 bits per heavy atom. The normalized spacial score (nSPS) is 8.24. The number of carboxylic acid groups (broad SMARTS) is 2. The largest absolute Gasteiger partial charge is 1.00 e. The standard InChI is InChI=1S/C10H9NO4.2Na/c11-7-3-1-6(2-4-7)5-8(9(12)13)10(14)15;;/h1-5H,11H2,(H,12,13)(H,14,15);;/q;2*+1/p-2. The molecule has 0 bridgehead atoms. The zero-order valence-corrected chi connectivity index (χ0v) is 13.6. The average molecular weight is 251 g/mol. The molecule has 0 aromatic heterocycles. The van der Waals surface area contributed by atoms with Crippen LogP contribution in [0.1, 0.15) is 5.56 Å². The van der Waals surface area contributed by atoms with Crippen molar-refractivity contribution in [3.8, 4) is 0 Å². The summed E-state index contributed by atoms with van der Waals surface area (Å²) in [4.78, 5) is 20.8. The van der Waals surface area contributed by atoms with E-state index in [1.807, 2.05) is 0 Å². The van der Waals surface area contributed by atoms with Crippen LogP contribution in [0.3, 0.4) is 0 Å². The van der Waals surface area contributed by atoms with Gasteiger partial charge in [0, 0.05) is 11.3 Å². The van der Waals surface area contributed by atoms with E-state index in [2.05, 4.69) is 0 Å². The van der Waals surface area contributed by atoms with Gasteiger partial charge in [0.25, 0.3) is 0 Å². The van der Waals surface area contributed by atoms with Crippen molar-refractivity contribution in [1.29, 1.82) is 0 Å². The molecule has 1 aromatic rings. The second-order valence-corrected chi connectivity index (χ2v) is 2.80. The number of hydrogen-bond acceptors (Lipinski definition) is 5. The van der Waals surface area contributed by atoms with E-state index in [-0.39, 0.29) is 59.1 Å². The van der Waals surface area contributed by atoms with E-state index < -0.39 is 17.5 Å². The van der Waals surface area contributed by atoms with Crippen molar-refractivity contribution in [3.63, 3.8) is 0 Å². The molecule has 1 rings (SSSR count). The number of carbonyl (C=O) groups is 2. The summed E-state index contributed by atoms with van der Waals surface area (Å²) in [7, 11) is 0. The molecule has 0 fully saturated rings. The Balaban J connectivity index is 0. The molecule has 0 saturated carbocycles. The van der Waals surface area contributed by atoms with Crippen molar-refractivity contribution in [1.82, 2.24) is 0 Å². The van der Waals surface area contributed by atoms with Gasteiger partial charge in [-0.15, -0.1) is 0 Å². The average Bonchev–Trinajstić information content (AvgIpc) is 2.15. The van der Waals surface area contributed by atoms with E-state index in [1.54, 1.807) is 0 Å². The third-order valence-electron chi connectivity index (χ3n) is 1.69. The van der Waals surface area contributed by atoms with Crippen molar-refractivity contribution in [3.05, 3.63) is 35.4 Å². The molecule has 0 saturated heterocycles. The molecular formula is C10H7NNa2O4. The van der Waals surface area contributed by atoms with Crippen molar-refractivity contribution >= 4 is 23.7 Å². The molecule has 0 unspecified atom stereocenters. The van der Waals surface area contributed by atoms with E-state index in [9.17, 15) is 19.8 Å². The number of anilines is 1. The molecule has 1 aromatic carbocycles. The first-order valence-corrected chi connectivity index (χ1v) is 4.00. The van der Waals surface area contributed by atoms with Crippen molar-refractivity contribution in [2.75, 3.05) is 5.73 Å². The summed E-state index contributed by atoms with van der Waals surface area (Å²) in [5.41, 5.74) is 5.39. The first kappa shape index (κ1) is 19.0. The van der Waals surface area contributed by atoms with Gasteiger partial charge in [-0.2, -0.15) is 0 Å². The van der Waals surface area contributed by atoms with Crippen LogP contribution in [-0.2, 0) is 9.59 Å². The zero-order valence-electron chi connectivity index (χ0n) is 9.60. The minimum Gasteiger partial charge on any atom is -0.545 e.